The summed E-state index contributed by atoms with van der Waals surface area (Å²) in [6.07, 6.45) is -0.263. The second kappa shape index (κ2) is 7.61. The molecule has 8 heteroatoms. The Morgan fingerprint density at radius 3 is 2.56 bits per heavy atom. The first-order chi connectivity index (χ1) is 12.9. The average molecular weight is 373 g/mol. The fraction of sp³-hybridized carbons (Fsp3) is 0.263. The van der Waals surface area contributed by atoms with Gasteiger partial charge >= 0.3 is 0 Å². The number of carbonyl (C=O) groups excluding carboxylic acids is 1. The summed E-state index contributed by atoms with van der Waals surface area (Å²) in [5, 5.41) is 9.51. The van der Waals surface area contributed by atoms with Crippen LogP contribution in [0.4, 0.5) is 26.0 Å². The van der Waals surface area contributed by atoms with Gasteiger partial charge in [0.15, 0.2) is 0 Å². The van der Waals surface area contributed by atoms with Crippen molar-refractivity contribution >= 4 is 28.8 Å². The molecule has 2 N–H and O–H groups in total. The minimum atomic E-state index is -2.73. The third kappa shape index (κ3) is 3.69. The number of allylic oxidation sites excluding steroid dienone is 2. The number of alkyl halides is 2. The summed E-state index contributed by atoms with van der Waals surface area (Å²) in [5.41, 5.74) is 1.78. The summed E-state index contributed by atoms with van der Waals surface area (Å²) in [5.74, 6) is -0.266. The molecule has 3 rings (SSSR count). The highest BCUT2D eigenvalue weighted by molar-refractivity contribution is 6.08. The van der Waals surface area contributed by atoms with E-state index in [1.165, 1.54) is 12.3 Å². The standard InChI is InChI=1S/C19H21F2N5O/c1-4-25(5-2)14-8-6-13(7-9-14)24-19(27)15-11-22-26-16(17(20)21)10-12(3)23-18(15)26/h6-11,17,23H,3-5H2,1-2H3,(H,24,27). The van der Waals surface area contributed by atoms with Crippen molar-refractivity contribution in [2.45, 2.75) is 20.3 Å². The highest BCUT2D eigenvalue weighted by Gasteiger charge is 2.27. The van der Waals surface area contributed by atoms with E-state index < -0.39 is 12.3 Å². The molecule has 6 nitrogen and oxygen atoms in total. The molecule has 0 bridgehead atoms. The zero-order chi connectivity index (χ0) is 19.6. The molecule has 142 valence electrons. The molecule has 0 radical (unpaired) electrons. The molecule has 1 aromatic carbocycles. The second-order valence-corrected chi connectivity index (χ2v) is 6.01. The van der Waals surface area contributed by atoms with E-state index in [2.05, 4.69) is 41.1 Å². The Bertz CT molecular complexity index is 882. The summed E-state index contributed by atoms with van der Waals surface area (Å²) in [6, 6.07) is 7.46. The topological polar surface area (TPSA) is 62.2 Å². The normalized spacial score (nSPS) is 13.1. The van der Waals surface area contributed by atoms with E-state index in [4.69, 9.17) is 0 Å². The number of aromatic nitrogens is 2. The van der Waals surface area contributed by atoms with Crippen molar-refractivity contribution in [3.63, 3.8) is 0 Å². The summed E-state index contributed by atoms with van der Waals surface area (Å²) < 4.78 is 27.4. The number of hydrogen-bond donors (Lipinski definition) is 2. The van der Waals surface area contributed by atoms with Crippen LogP contribution in [0.3, 0.4) is 0 Å². The van der Waals surface area contributed by atoms with Gasteiger partial charge in [0, 0.05) is 30.2 Å². The van der Waals surface area contributed by atoms with Crippen molar-refractivity contribution in [3.8, 4) is 0 Å². The first-order valence-corrected chi connectivity index (χ1v) is 8.65. The molecule has 0 spiro atoms. The van der Waals surface area contributed by atoms with Crippen molar-refractivity contribution in [1.29, 1.82) is 0 Å². The zero-order valence-corrected chi connectivity index (χ0v) is 15.2. The molecular weight excluding hydrogens is 352 g/mol. The van der Waals surface area contributed by atoms with E-state index in [0.29, 0.717) is 5.69 Å². The third-order valence-electron chi connectivity index (χ3n) is 4.34. The number of rotatable bonds is 6. The van der Waals surface area contributed by atoms with Crippen molar-refractivity contribution in [3.05, 3.63) is 54.4 Å². The van der Waals surface area contributed by atoms with Gasteiger partial charge in [-0.3, -0.25) is 4.79 Å². The minimum absolute atomic E-state index is 0.162. The highest BCUT2D eigenvalue weighted by Crippen LogP contribution is 2.30. The molecule has 1 aliphatic heterocycles. The van der Waals surface area contributed by atoms with Gasteiger partial charge < -0.3 is 15.5 Å². The number of amides is 1. The Hall–Kier alpha value is -3.16. The lowest BCUT2D eigenvalue weighted by Gasteiger charge is -2.21. The Balaban J connectivity index is 1.80. The molecule has 1 aliphatic rings. The Morgan fingerprint density at radius 1 is 1.30 bits per heavy atom. The van der Waals surface area contributed by atoms with Gasteiger partial charge in [0.2, 0.25) is 0 Å². The number of benzene rings is 1. The summed E-state index contributed by atoms with van der Waals surface area (Å²) in [4.78, 5) is 14.8. The Morgan fingerprint density at radius 2 is 1.96 bits per heavy atom. The molecule has 2 aromatic rings. The summed E-state index contributed by atoms with van der Waals surface area (Å²) in [7, 11) is 0. The van der Waals surface area contributed by atoms with Crippen molar-refractivity contribution < 1.29 is 13.6 Å². The van der Waals surface area contributed by atoms with Crippen LogP contribution in [-0.4, -0.2) is 35.2 Å². The predicted octanol–water partition coefficient (Wildman–Crippen LogP) is 4.03. The van der Waals surface area contributed by atoms with Crippen LogP contribution in [0.1, 0.15) is 24.2 Å². The summed E-state index contributed by atoms with van der Waals surface area (Å²) >= 11 is 0. The molecule has 2 heterocycles. The number of carbonyl (C=O) groups is 1. The quantitative estimate of drug-likeness (QED) is 0.803. The lowest BCUT2D eigenvalue weighted by atomic mass is 10.2. The lowest BCUT2D eigenvalue weighted by Crippen LogP contribution is -2.21. The molecule has 0 unspecified atom stereocenters. The molecular formula is C19H21F2N5O. The molecule has 0 aliphatic carbocycles. The first kappa shape index (κ1) is 18.6. The van der Waals surface area contributed by atoms with Crippen LogP contribution in [0.25, 0.3) is 5.70 Å². The van der Waals surface area contributed by atoms with Crippen molar-refractivity contribution in [2.75, 3.05) is 28.6 Å². The van der Waals surface area contributed by atoms with Crippen LogP contribution < -0.4 is 15.5 Å². The van der Waals surface area contributed by atoms with E-state index in [9.17, 15) is 13.6 Å². The SMILES string of the molecule is C=C1C=C(C(F)F)n2ncc(C(=O)Nc3ccc(N(CC)CC)cc3)c2N1. The van der Waals surface area contributed by atoms with E-state index >= 15 is 0 Å². The van der Waals surface area contributed by atoms with E-state index in [0.717, 1.165) is 23.5 Å². The number of hydrogen-bond acceptors (Lipinski definition) is 4. The van der Waals surface area contributed by atoms with Gasteiger partial charge in [0.05, 0.1) is 6.20 Å². The third-order valence-corrected chi connectivity index (χ3v) is 4.34. The average Bonchev–Trinajstić information content (AvgIpc) is 3.07. The Kier molecular flexibility index (Phi) is 5.25. The van der Waals surface area contributed by atoms with Crippen LogP contribution in [0.5, 0.6) is 0 Å². The number of halogens is 2. The van der Waals surface area contributed by atoms with E-state index in [-0.39, 0.29) is 22.8 Å². The number of anilines is 3. The molecule has 0 atom stereocenters. The molecule has 0 saturated heterocycles. The van der Waals surface area contributed by atoms with Crippen LogP contribution in [-0.2, 0) is 0 Å². The smallest absolute Gasteiger partial charge is 0.280 e. The van der Waals surface area contributed by atoms with E-state index in [1.54, 1.807) is 12.1 Å². The summed E-state index contributed by atoms with van der Waals surface area (Å²) in [6.45, 7) is 9.58. The zero-order valence-electron chi connectivity index (χ0n) is 15.2. The predicted molar refractivity (Wildman–Crippen MR) is 103 cm³/mol. The number of fused-ring (bicyclic) bond motifs is 1. The minimum Gasteiger partial charge on any atom is -0.372 e. The number of nitrogens with zero attached hydrogens (tertiary/aromatic N) is 3. The van der Waals surface area contributed by atoms with Crippen LogP contribution in [0.2, 0.25) is 0 Å². The monoisotopic (exact) mass is 373 g/mol. The van der Waals surface area contributed by atoms with Gasteiger partial charge in [-0.25, -0.2) is 13.5 Å². The van der Waals surface area contributed by atoms with Crippen LogP contribution in [0.15, 0.2) is 48.8 Å². The van der Waals surface area contributed by atoms with Gasteiger partial charge in [-0.05, 0) is 44.2 Å². The molecule has 1 aromatic heterocycles. The van der Waals surface area contributed by atoms with Gasteiger partial charge in [0.1, 0.15) is 17.1 Å². The molecule has 0 fully saturated rings. The first-order valence-electron chi connectivity index (χ1n) is 8.65. The fourth-order valence-electron chi connectivity index (χ4n) is 2.96. The van der Waals surface area contributed by atoms with Gasteiger partial charge in [-0.15, -0.1) is 0 Å². The van der Waals surface area contributed by atoms with Crippen LogP contribution in [0, 0.1) is 0 Å². The second-order valence-electron chi connectivity index (χ2n) is 6.01. The van der Waals surface area contributed by atoms with Gasteiger partial charge in [0.25, 0.3) is 12.3 Å². The molecule has 0 saturated carbocycles. The maximum Gasteiger partial charge on any atom is 0.280 e. The number of nitrogens with one attached hydrogen (secondary N) is 2. The maximum atomic E-state index is 13.2. The maximum absolute atomic E-state index is 13.2. The van der Waals surface area contributed by atoms with Crippen molar-refractivity contribution in [1.82, 2.24) is 9.78 Å². The highest BCUT2D eigenvalue weighted by atomic mass is 19.3. The fourth-order valence-corrected chi connectivity index (χ4v) is 2.96. The molecule has 1 amide bonds. The molecule has 27 heavy (non-hydrogen) atoms. The Labute approximate surface area is 156 Å². The van der Waals surface area contributed by atoms with E-state index in [1.807, 2.05) is 12.1 Å². The van der Waals surface area contributed by atoms with Crippen molar-refractivity contribution in [2.24, 2.45) is 0 Å². The largest absolute Gasteiger partial charge is 0.372 e. The van der Waals surface area contributed by atoms with Crippen LogP contribution >= 0.6 is 0 Å². The lowest BCUT2D eigenvalue weighted by molar-refractivity contribution is 0.102. The van der Waals surface area contributed by atoms with Gasteiger partial charge in [-0.1, -0.05) is 6.58 Å². The van der Waals surface area contributed by atoms with Gasteiger partial charge in [-0.2, -0.15) is 5.10 Å².